The molecule has 31 heavy (non-hydrogen) atoms. The maximum Gasteiger partial charge on any atom is 0.405 e. The van der Waals surface area contributed by atoms with Gasteiger partial charge in [-0.15, -0.1) is 0 Å². The molecule has 8 nitrogen and oxygen atoms in total. The third-order valence-corrected chi connectivity index (χ3v) is 6.88. The van der Waals surface area contributed by atoms with Gasteiger partial charge in [0.05, 0.1) is 16.7 Å². The average molecular weight is 447 g/mol. The van der Waals surface area contributed by atoms with Crippen LogP contribution in [0.2, 0.25) is 0 Å². The van der Waals surface area contributed by atoms with E-state index in [1.165, 1.54) is 0 Å². The van der Waals surface area contributed by atoms with Gasteiger partial charge in [-0.2, -0.15) is 0 Å². The minimum absolute atomic E-state index is 0.0992. The average Bonchev–Trinajstić information content (AvgIpc) is 2.73. The summed E-state index contributed by atoms with van der Waals surface area (Å²) in [5.74, 6) is -0.0245. The molecule has 3 N–H and O–H groups in total. The molecule has 2 amide bonds. The highest BCUT2D eigenvalue weighted by Crippen LogP contribution is 2.31. The number of hydrogen-bond acceptors (Lipinski definition) is 5. The van der Waals surface area contributed by atoms with Gasteiger partial charge in [0.1, 0.15) is 18.4 Å². The Labute approximate surface area is 181 Å². The van der Waals surface area contributed by atoms with Crippen molar-refractivity contribution in [2.24, 2.45) is 0 Å². The Kier molecular flexibility index (Phi) is 7.17. The van der Waals surface area contributed by atoms with E-state index in [0.29, 0.717) is 24.2 Å². The molecular weight excluding hydrogens is 420 g/mol. The molecule has 2 atom stereocenters. The molecule has 1 heterocycles. The zero-order valence-corrected chi connectivity index (χ0v) is 18.0. The molecule has 0 fully saturated rings. The zero-order chi connectivity index (χ0) is 22.4. The molecule has 0 unspecified atom stereocenters. The maximum absolute atomic E-state index is 13.0. The first-order valence-electron chi connectivity index (χ1n) is 10.1. The van der Waals surface area contributed by atoms with Gasteiger partial charge in [-0.3, -0.25) is 4.79 Å². The Balaban J connectivity index is 1.95. The van der Waals surface area contributed by atoms with Crippen LogP contribution in [0.1, 0.15) is 26.2 Å². The summed E-state index contributed by atoms with van der Waals surface area (Å²) < 4.78 is 31.8. The summed E-state index contributed by atoms with van der Waals surface area (Å²) in [7, 11) is -3.58. The van der Waals surface area contributed by atoms with Crippen LogP contribution < -0.4 is 15.4 Å². The Morgan fingerprint density at radius 1 is 1.16 bits per heavy atom. The zero-order valence-electron chi connectivity index (χ0n) is 17.2. The van der Waals surface area contributed by atoms with Gasteiger partial charge in [0.15, 0.2) is 9.84 Å². The molecule has 3 rings (SSSR count). The van der Waals surface area contributed by atoms with Crippen molar-refractivity contribution in [1.29, 1.82) is 0 Å². The summed E-state index contributed by atoms with van der Waals surface area (Å²) >= 11 is 0. The van der Waals surface area contributed by atoms with Crippen molar-refractivity contribution in [2.45, 2.75) is 43.2 Å². The number of ether oxygens (including phenoxy) is 1. The second kappa shape index (κ2) is 9.82. The first-order chi connectivity index (χ1) is 14.8. The van der Waals surface area contributed by atoms with E-state index in [9.17, 15) is 18.0 Å². The van der Waals surface area contributed by atoms with E-state index in [1.54, 1.807) is 49.4 Å². The summed E-state index contributed by atoms with van der Waals surface area (Å²) in [6, 6.07) is 12.7. The quantitative estimate of drug-likeness (QED) is 0.619. The molecule has 1 aliphatic rings. The third kappa shape index (κ3) is 5.97. The number of carboxylic acid groups (broad SMARTS) is 1. The predicted molar refractivity (Wildman–Crippen MR) is 116 cm³/mol. The lowest BCUT2D eigenvalue weighted by Crippen LogP contribution is -2.49. The van der Waals surface area contributed by atoms with Crippen LogP contribution in [0.5, 0.6) is 5.75 Å². The second-order valence-corrected chi connectivity index (χ2v) is 9.64. The molecule has 166 valence electrons. The highest BCUT2D eigenvalue weighted by Gasteiger charge is 2.24. The molecule has 0 saturated heterocycles. The smallest absolute Gasteiger partial charge is 0.405 e. The Morgan fingerprint density at radius 3 is 2.71 bits per heavy atom. The fourth-order valence-corrected chi connectivity index (χ4v) is 5.12. The van der Waals surface area contributed by atoms with Crippen molar-refractivity contribution in [2.75, 3.05) is 12.4 Å². The normalized spacial score (nSPS) is 21.8. The van der Waals surface area contributed by atoms with Crippen molar-refractivity contribution >= 4 is 21.8 Å². The van der Waals surface area contributed by atoms with Crippen molar-refractivity contribution < 1.29 is 27.9 Å². The lowest BCUT2D eigenvalue weighted by molar-refractivity contribution is -0.124. The maximum atomic E-state index is 13.0. The summed E-state index contributed by atoms with van der Waals surface area (Å²) in [4.78, 5) is 23.8. The molecule has 9 heteroatoms. The number of amides is 2. The van der Waals surface area contributed by atoms with Gasteiger partial charge in [0, 0.05) is 5.56 Å². The van der Waals surface area contributed by atoms with E-state index in [2.05, 4.69) is 10.6 Å². The lowest BCUT2D eigenvalue weighted by atomic mass is 10.1. The molecule has 0 spiro atoms. The van der Waals surface area contributed by atoms with Crippen molar-refractivity contribution in [1.82, 2.24) is 10.6 Å². The minimum Gasteiger partial charge on any atom is -0.491 e. The topological polar surface area (TPSA) is 122 Å². The second-order valence-electron chi connectivity index (χ2n) is 7.56. The van der Waals surface area contributed by atoms with Gasteiger partial charge in [-0.25, -0.2) is 13.2 Å². The van der Waals surface area contributed by atoms with Crippen LogP contribution in [-0.2, 0) is 14.6 Å². The predicted octanol–water partition coefficient (Wildman–Crippen LogP) is 2.83. The van der Waals surface area contributed by atoms with Crippen molar-refractivity contribution in [3.63, 3.8) is 0 Å². The molecule has 0 saturated carbocycles. The number of rotatable bonds is 1. The van der Waals surface area contributed by atoms with Crippen LogP contribution in [-0.4, -0.2) is 50.0 Å². The standard InChI is InChI=1S/C22H26N2O6S/c1-15-14-30-17-8-6-7-16(13-17)18-9-2-3-11-20(18)31(28,29)12-5-4-10-19(21(25)23-15)24-22(26)27/h2-3,6-9,11,13,15,19,24H,4-5,10,12,14H2,1H3,(H,23,25)(H,26,27)/t15-,19+/m1/s1. The molecule has 0 aromatic heterocycles. The number of sulfone groups is 1. The molecule has 2 aromatic rings. The summed E-state index contributed by atoms with van der Waals surface area (Å²) in [6.45, 7) is 1.94. The number of nitrogens with one attached hydrogen (secondary N) is 2. The summed E-state index contributed by atoms with van der Waals surface area (Å²) in [5, 5.41) is 14.0. The van der Waals surface area contributed by atoms with Gasteiger partial charge in [-0.1, -0.05) is 30.3 Å². The van der Waals surface area contributed by atoms with E-state index in [1.807, 2.05) is 6.07 Å². The monoisotopic (exact) mass is 446 g/mol. The van der Waals surface area contributed by atoms with Crippen LogP contribution in [0.3, 0.4) is 0 Å². The SMILES string of the molecule is C[C@@H]1COc2cccc(c2)-c2ccccc2S(=O)(=O)CCCC[C@H](NC(=O)O)C(=O)N1. The molecule has 2 bridgehead atoms. The fraction of sp³-hybridized carbons (Fsp3) is 0.364. The number of benzene rings is 2. The molecular formula is C22H26N2O6S. The Bertz CT molecular complexity index is 1050. The van der Waals surface area contributed by atoms with E-state index < -0.39 is 27.9 Å². The Hall–Kier alpha value is -3.07. The third-order valence-electron chi connectivity index (χ3n) is 5.03. The highest BCUT2D eigenvalue weighted by atomic mass is 32.2. The fourth-order valence-electron chi connectivity index (χ4n) is 3.50. The van der Waals surface area contributed by atoms with E-state index in [4.69, 9.17) is 9.84 Å². The van der Waals surface area contributed by atoms with Crippen LogP contribution >= 0.6 is 0 Å². The van der Waals surface area contributed by atoms with Crippen LogP contribution in [0, 0.1) is 0 Å². The summed E-state index contributed by atoms with van der Waals surface area (Å²) in [5.41, 5.74) is 1.33. The van der Waals surface area contributed by atoms with Gasteiger partial charge in [0.25, 0.3) is 0 Å². The van der Waals surface area contributed by atoms with Gasteiger partial charge in [0.2, 0.25) is 5.91 Å². The van der Waals surface area contributed by atoms with Gasteiger partial charge in [-0.05, 0) is 49.9 Å². The number of fused-ring (bicyclic) bond motifs is 4. The molecule has 0 radical (unpaired) electrons. The van der Waals surface area contributed by atoms with E-state index in [-0.39, 0.29) is 29.7 Å². The van der Waals surface area contributed by atoms with Crippen molar-refractivity contribution in [3.05, 3.63) is 48.5 Å². The summed E-state index contributed by atoms with van der Waals surface area (Å²) in [6.07, 6.45) is -0.431. The number of hydrogen-bond donors (Lipinski definition) is 3. The van der Waals surface area contributed by atoms with Gasteiger partial charge < -0.3 is 20.5 Å². The first-order valence-corrected chi connectivity index (χ1v) is 11.8. The van der Waals surface area contributed by atoms with Crippen LogP contribution in [0.25, 0.3) is 11.1 Å². The molecule has 0 aliphatic carbocycles. The largest absolute Gasteiger partial charge is 0.491 e. The Morgan fingerprint density at radius 2 is 1.94 bits per heavy atom. The van der Waals surface area contributed by atoms with Crippen LogP contribution in [0.15, 0.2) is 53.4 Å². The molecule has 1 aliphatic heterocycles. The van der Waals surface area contributed by atoms with Crippen molar-refractivity contribution in [3.8, 4) is 16.9 Å². The van der Waals surface area contributed by atoms with Gasteiger partial charge >= 0.3 is 6.09 Å². The van der Waals surface area contributed by atoms with Crippen LogP contribution in [0.4, 0.5) is 4.79 Å². The lowest BCUT2D eigenvalue weighted by Gasteiger charge is -2.21. The number of carbonyl (C=O) groups excluding carboxylic acids is 1. The van der Waals surface area contributed by atoms with E-state index in [0.717, 1.165) is 5.56 Å². The first kappa shape index (κ1) is 22.6. The highest BCUT2D eigenvalue weighted by molar-refractivity contribution is 7.91. The minimum atomic E-state index is -3.58. The number of carbonyl (C=O) groups is 2. The molecule has 2 aromatic carbocycles. The van der Waals surface area contributed by atoms with E-state index >= 15 is 0 Å².